The highest BCUT2D eigenvalue weighted by atomic mass is 32.2. The molecular weight excluding hydrogens is 242 g/mol. The number of hydrogen-bond acceptors (Lipinski definition) is 3. The van der Waals surface area contributed by atoms with Gasteiger partial charge in [-0.25, -0.2) is 4.98 Å². The van der Waals surface area contributed by atoms with Crippen LogP contribution in [0.2, 0.25) is 0 Å². The predicted octanol–water partition coefficient (Wildman–Crippen LogP) is 3.02. The molecule has 0 aliphatic rings. The lowest BCUT2D eigenvalue weighted by molar-refractivity contribution is 0.661. The van der Waals surface area contributed by atoms with E-state index in [1.807, 2.05) is 13.2 Å². The molecule has 1 atom stereocenters. The van der Waals surface area contributed by atoms with Gasteiger partial charge in [-0.2, -0.15) is 0 Å². The fraction of sp³-hybridized carbons (Fsp3) is 0.357. The van der Waals surface area contributed by atoms with Crippen LogP contribution in [0.5, 0.6) is 0 Å². The molecule has 0 radical (unpaired) electrons. The standard InChI is InChI=1S/C14H19N3S/c1-3-11-4-6-12(7-5-11)13(15-2)10-18-14-16-8-9-17-14/h4-9,13,15H,3,10H2,1-2H3,(H,16,17). The fourth-order valence-electron chi connectivity index (χ4n) is 1.82. The Balaban J connectivity index is 1.98. The number of hydrogen-bond donors (Lipinski definition) is 2. The van der Waals surface area contributed by atoms with Gasteiger partial charge < -0.3 is 10.3 Å². The van der Waals surface area contributed by atoms with Gasteiger partial charge in [-0.05, 0) is 24.6 Å². The monoisotopic (exact) mass is 261 g/mol. The third-order valence-corrected chi connectivity index (χ3v) is 4.00. The SMILES string of the molecule is CCc1ccc(C(CSc2ncc[nH]2)NC)cc1. The highest BCUT2D eigenvalue weighted by Crippen LogP contribution is 2.22. The molecule has 2 aromatic rings. The molecule has 1 aromatic heterocycles. The molecule has 0 bridgehead atoms. The van der Waals surface area contributed by atoms with Crippen LogP contribution in [-0.4, -0.2) is 22.8 Å². The summed E-state index contributed by atoms with van der Waals surface area (Å²) >= 11 is 1.74. The van der Waals surface area contributed by atoms with Gasteiger partial charge in [0.1, 0.15) is 0 Å². The molecule has 3 nitrogen and oxygen atoms in total. The zero-order valence-corrected chi connectivity index (χ0v) is 11.6. The quantitative estimate of drug-likeness (QED) is 0.785. The van der Waals surface area contributed by atoms with E-state index in [0.717, 1.165) is 17.3 Å². The molecule has 2 rings (SSSR count). The van der Waals surface area contributed by atoms with Crippen molar-refractivity contribution in [1.29, 1.82) is 0 Å². The molecule has 0 amide bonds. The van der Waals surface area contributed by atoms with E-state index < -0.39 is 0 Å². The minimum Gasteiger partial charge on any atom is -0.340 e. The molecule has 18 heavy (non-hydrogen) atoms. The Bertz CT molecular complexity index is 450. The molecule has 1 unspecified atom stereocenters. The summed E-state index contributed by atoms with van der Waals surface area (Å²) in [5.74, 6) is 0.968. The molecule has 0 aliphatic carbocycles. The number of nitrogens with zero attached hydrogens (tertiary/aromatic N) is 1. The number of aryl methyl sites for hydroxylation is 1. The summed E-state index contributed by atoms with van der Waals surface area (Å²) in [5, 5.41) is 4.33. The first kappa shape index (κ1) is 13.2. The van der Waals surface area contributed by atoms with E-state index in [9.17, 15) is 0 Å². The number of nitrogens with one attached hydrogen (secondary N) is 2. The van der Waals surface area contributed by atoms with Crippen molar-refractivity contribution in [3.63, 3.8) is 0 Å². The van der Waals surface area contributed by atoms with Crippen molar-refractivity contribution < 1.29 is 0 Å². The van der Waals surface area contributed by atoms with Crippen LogP contribution in [0.4, 0.5) is 0 Å². The van der Waals surface area contributed by atoms with E-state index >= 15 is 0 Å². The zero-order valence-electron chi connectivity index (χ0n) is 10.8. The smallest absolute Gasteiger partial charge is 0.165 e. The first-order chi connectivity index (χ1) is 8.83. The number of imidazole rings is 1. The highest BCUT2D eigenvalue weighted by molar-refractivity contribution is 7.99. The zero-order chi connectivity index (χ0) is 12.8. The summed E-state index contributed by atoms with van der Waals surface area (Å²) in [6.07, 6.45) is 4.73. The Morgan fingerprint density at radius 2 is 2.11 bits per heavy atom. The van der Waals surface area contributed by atoms with E-state index in [-0.39, 0.29) is 0 Å². The van der Waals surface area contributed by atoms with Crippen molar-refractivity contribution >= 4 is 11.8 Å². The van der Waals surface area contributed by atoms with Gasteiger partial charge in [-0.1, -0.05) is 43.0 Å². The van der Waals surface area contributed by atoms with Gasteiger partial charge >= 0.3 is 0 Å². The van der Waals surface area contributed by atoms with E-state index in [1.54, 1.807) is 18.0 Å². The molecule has 1 heterocycles. The maximum Gasteiger partial charge on any atom is 0.165 e. The van der Waals surface area contributed by atoms with E-state index in [4.69, 9.17) is 0 Å². The van der Waals surface area contributed by atoms with Crippen molar-refractivity contribution in [2.75, 3.05) is 12.8 Å². The lowest BCUT2D eigenvalue weighted by Crippen LogP contribution is -2.18. The summed E-state index contributed by atoms with van der Waals surface area (Å²) in [7, 11) is 2.00. The average molecular weight is 261 g/mol. The topological polar surface area (TPSA) is 40.7 Å². The van der Waals surface area contributed by atoms with Crippen molar-refractivity contribution in [3.8, 4) is 0 Å². The lowest BCUT2D eigenvalue weighted by Gasteiger charge is -2.16. The van der Waals surface area contributed by atoms with E-state index in [1.165, 1.54) is 11.1 Å². The van der Waals surface area contributed by atoms with Gasteiger partial charge in [0.25, 0.3) is 0 Å². The number of H-pyrrole nitrogens is 1. The molecule has 0 fully saturated rings. The Kier molecular flexibility index (Phi) is 4.84. The maximum atomic E-state index is 4.22. The third-order valence-electron chi connectivity index (χ3n) is 3.00. The van der Waals surface area contributed by atoms with Gasteiger partial charge in [-0.15, -0.1) is 0 Å². The number of rotatable bonds is 6. The summed E-state index contributed by atoms with van der Waals surface area (Å²) < 4.78 is 0. The predicted molar refractivity (Wildman–Crippen MR) is 76.9 cm³/mol. The van der Waals surface area contributed by atoms with Crippen LogP contribution in [0.25, 0.3) is 0 Å². The fourth-order valence-corrected chi connectivity index (χ4v) is 2.79. The van der Waals surface area contributed by atoms with Gasteiger partial charge in [-0.3, -0.25) is 0 Å². The van der Waals surface area contributed by atoms with Crippen molar-refractivity contribution in [3.05, 3.63) is 47.8 Å². The number of thioether (sulfide) groups is 1. The normalized spacial score (nSPS) is 12.6. The van der Waals surface area contributed by atoms with E-state index in [2.05, 4.69) is 46.5 Å². The minimum absolute atomic E-state index is 0.353. The van der Waals surface area contributed by atoms with Crippen LogP contribution in [0.15, 0.2) is 41.8 Å². The van der Waals surface area contributed by atoms with Crippen molar-refractivity contribution in [1.82, 2.24) is 15.3 Å². The second-order valence-electron chi connectivity index (χ2n) is 4.14. The summed E-state index contributed by atoms with van der Waals surface area (Å²) in [4.78, 5) is 7.33. The van der Waals surface area contributed by atoms with Crippen LogP contribution in [0.3, 0.4) is 0 Å². The summed E-state index contributed by atoms with van der Waals surface area (Å²) in [6, 6.07) is 9.19. The van der Waals surface area contributed by atoms with Crippen molar-refractivity contribution in [2.24, 2.45) is 0 Å². The van der Waals surface area contributed by atoms with Gasteiger partial charge in [0.05, 0.1) is 0 Å². The van der Waals surface area contributed by atoms with Gasteiger partial charge in [0.2, 0.25) is 0 Å². The van der Waals surface area contributed by atoms with Gasteiger partial charge in [0, 0.05) is 24.2 Å². The molecule has 4 heteroatoms. The largest absolute Gasteiger partial charge is 0.340 e. The second kappa shape index (κ2) is 6.61. The van der Waals surface area contributed by atoms with Crippen LogP contribution in [0.1, 0.15) is 24.1 Å². The Labute approximate surface area is 112 Å². The minimum atomic E-state index is 0.353. The van der Waals surface area contributed by atoms with Crippen LogP contribution >= 0.6 is 11.8 Å². The molecule has 1 aromatic carbocycles. The highest BCUT2D eigenvalue weighted by Gasteiger charge is 2.10. The molecule has 0 spiro atoms. The third kappa shape index (κ3) is 3.37. The molecule has 0 saturated heterocycles. The molecular formula is C14H19N3S. The van der Waals surface area contributed by atoms with Gasteiger partial charge in [0.15, 0.2) is 5.16 Å². The second-order valence-corrected chi connectivity index (χ2v) is 5.15. The average Bonchev–Trinajstić information content (AvgIpc) is 2.93. The Hall–Kier alpha value is -1.26. The van der Waals surface area contributed by atoms with Crippen LogP contribution in [0, 0.1) is 0 Å². The first-order valence-corrected chi connectivity index (χ1v) is 7.20. The summed E-state index contributed by atoms with van der Waals surface area (Å²) in [5.41, 5.74) is 2.71. The lowest BCUT2D eigenvalue weighted by atomic mass is 10.1. The molecule has 96 valence electrons. The molecule has 0 aliphatic heterocycles. The molecule has 2 N–H and O–H groups in total. The van der Waals surface area contributed by atoms with E-state index in [0.29, 0.717) is 6.04 Å². The number of aromatic nitrogens is 2. The van der Waals surface area contributed by atoms with Crippen LogP contribution in [-0.2, 0) is 6.42 Å². The first-order valence-electron chi connectivity index (χ1n) is 6.21. The Morgan fingerprint density at radius 1 is 1.33 bits per heavy atom. The Morgan fingerprint density at radius 3 is 2.67 bits per heavy atom. The number of benzene rings is 1. The van der Waals surface area contributed by atoms with Crippen molar-refractivity contribution in [2.45, 2.75) is 24.5 Å². The van der Waals surface area contributed by atoms with Crippen LogP contribution < -0.4 is 5.32 Å². The maximum absolute atomic E-state index is 4.22. The summed E-state index contributed by atoms with van der Waals surface area (Å²) in [6.45, 7) is 2.18. The number of aromatic amines is 1. The molecule has 0 saturated carbocycles.